The average Bonchev–Trinajstić information content (AvgIpc) is 3.06. The number of benzene rings is 1. The van der Waals surface area contributed by atoms with E-state index in [0.29, 0.717) is 10.8 Å². The highest BCUT2D eigenvalue weighted by molar-refractivity contribution is 7.14. The number of aryl methyl sites for hydroxylation is 2. The minimum absolute atomic E-state index is 0.271. The van der Waals surface area contributed by atoms with E-state index in [-0.39, 0.29) is 12.5 Å². The van der Waals surface area contributed by atoms with Crippen LogP contribution in [0, 0.1) is 19.8 Å². The van der Waals surface area contributed by atoms with Gasteiger partial charge < -0.3 is 10.1 Å². The highest BCUT2D eigenvalue weighted by Gasteiger charge is 2.23. The molecule has 1 heterocycles. The topological polar surface area (TPSA) is 55.4 Å². The van der Waals surface area contributed by atoms with Crippen LogP contribution in [-0.4, -0.2) is 18.5 Å². The predicted molar refractivity (Wildman–Crippen MR) is 105 cm³/mol. The van der Waals surface area contributed by atoms with Crippen molar-refractivity contribution in [1.29, 1.82) is 0 Å². The molecule has 1 atom stereocenters. The minimum atomic E-state index is -0.409. The lowest BCUT2D eigenvalue weighted by Crippen LogP contribution is -2.21. The molecular weight excluding hydrogens is 346 g/mol. The maximum atomic E-state index is 12.3. The first kappa shape index (κ1) is 18.6. The Labute approximate surface area is 158 Å². The summed E-state index contributed by atoms with van der Waals surface area (Å²) in [4.78, 5) is 26.3. The van der Waals surface area contributed by atoms with Gasteiger partial charge >= 0.3 is 5.97 Å². The molecule has 26 heavy (non-hydrogen) atoms. The van der Waals surface area contributed by atoms with Crippen molar-refractivity contribution in [2.24, 2.45) is 5.92 Å². The summed E-state index contributed by atoms with van der Waals surface area (Å²) in [6.45, 7) is 5.89. The smallest absolute Gasteiger partial charge is 0.348 e. The zero-order valence-corrected chi connectivity index (χ0v) is 16.4. The van der Waals surface area contributed by atoms with E-state index in [1.807, 2.05) is 38.1 Å². The molecule has 2 aromatic rings. The highest BCUT2D eigenvalue weighted by atomic mass is 32.1. The van der Waals surface area contributed by atoms with E-state index in [0.717, 1.165) is 29.7 Å². The van der Waals surface area contributed by atoms with Gasteiger partial charge in [0.1, 0.15) is 4.88 Å². The fraction of sp³-hybridized carbons (Fsp3) is 0.429. The number of amides is 1. The third-order valence-corrected chi connectivity index (χ3v) is 6.39. The van der Waals surface area contributed by atoms with Gasteiger partial charge in [-0.25, -0.2) is 4.79 Å². The van der Waals surface area contributed by atoms with Crippen molar-refractivity contribution >= 4 is 28.9 Å². The van der Waals surface area contributed by atoms with Crippen LogP contribution in [0.4, 0.5) is 5.69 Å². The van der Waals surface area contributed by atoms with Crippen LogP contribution in [0.3, 0.4) is 0 Å². The van der Waals surface area contributed by atoms with Gasteiger partial charge in [-0.2, -0.15) is 0 Å². The standard InChI is InChI=1S/C21H25NO3S/c1-4-15-8-9-18-16(10-15)11-19(26-18)21(24)25-12-20(23)22-17-7-5-6-13(2)14(17)3/h5-7,11,15H,4,8-10,12H2,1-3H3,(H,22,23)/t15-/m0/s1. The molecule has 0 fully saturated rings. The van der Waals surface area contributed by atoms with Gasteiger partial charge in [-0.05, 0) is 67.9 Å². The predicted octanol–water partition coefficient (Wildman–Crippen LogP) is 4.68. The average molecular weight is 372 g/mol. The number of anilines is 1. The Morgan fingerprint density at radius 3 is 2.88 bits per heavy atom. The minimum Gasteiger partial charge on any atom is -0.451 e. The molecule has 0 unspecified atom stereocenters. The SMILES string of the molecule is CC[C@H]1CCc2sc(C(=O)OCC(=O)Nc3cccc(C)c3C)cc2C1. The quantitative estimate of drug-likeness (QED) is 0.777. The zero-order valence-electron chi connectivity index (χ0n) is 15.6. The van der Waals surface area contributed by atoms with Crippen LogP contribution >= 0.6 is 11.3 Å². The van der Waals surface area contributed by atoms with E-state index in [2.05, 4.69) is 12.2 Å². The lowest BCUT2D eigenvalue weighted by molar-refractivity contribution is -0.119. The maximum Gasteiger partial charge on any atom is 0.348 e. The van der Waals surface area contributed by atoms with Gasteiger partial charge in [0.05, 0.1) is 0 Å². The summed E-state index contributed by atoms with van der Waals surface area (Å²) in [6, 6.07) is 7.68. The molecule has 1 aliphatic carbocycles. The summed E-state index contributed by atoms with van der Waals surface area (Å²) >= 11 is 1.51. The summed E-state index contributed by atoms with van der Waals surface area (Å²) in [5.41, 5.74) is 4.15. The van der Waals surface area contributed by atoms with Crippen molar-refractivity contribution in [3.8, 4) is 0 Å². The lowest BCUT2D eigenvalue weighted by atomic mass is 9.87. The Balaban J connectivity index is 1.56. The van der Waals surface area contributed by atoms with Gasteiger partial charge in [-0.15, -0.1) is 11.3 Å². The zero-order chi connectivity index (χ0) is 18.7. The van der Waals surface area contributed by atoms with Crippen LogP contribution in [0.2, 0.25) is 0 Å². The van der Waals surface area contributed by atoms with Crippen LogP contribution in [0.5, 0.6) is 0 Å². The normalized spacial score (nSPS) is 16.0. The first-order valence-electron chi connectivity index (χ1n) is 9.12. The molecule has 5 heteroatoms. The Morgan fingerprint density at radius 1 is 1.31 bits per heavy atom. The number of esters is 1. The van der Waals surface area contributed by atoms with Crippen molar-refractivity contribution in [3.63, 3.8) is 0 Å². The third-order valence-electron chi connectivity index (χ3n) is 5.18. The Kier molecular flexibility index (Phi) is 5.77. The molecule has 1 aromatic heterocycles. The molecule has 0 radical (unpaired) electrons. The van der Waals surface area contributed by atoms with Gasteiger partial charge in [-0.1, -0.05) is 25.5 Å². The maximum absolute atomic E-state index is 12.3. The second kappa shape index (κ2) is 8.04. The van der Waals surface area contributed by atoms with Gasteiger partial charge in [-0.3, -0.25) is 4.79 Å². The van der Waals surface area contributed by atoms with Crippen molar-refractivity contribution < 1.29 is 14.3 Å². The van der Waals surface area contributed by atoms with Gasteiger partial charge in [0.25, 0.3) is 5.91 Å². The molecule has 1 N–H and O–H groups in total. The summed E-state index contributed by atoms with van der Waals surface area (Å²) in [6.07, 6.45) is 4.45. The molecule has 1 aliphatic rings. The van der Waals surface area contributed by atoms with Crippen LogP contribution in [0.25, 0.3) is 0 Å². The fourth-order valence-corrected chi connectivity index (χ4v) is 4.43. The molecule has 0 spiro atoms. The van der Waals surface area contributed by atoms with Crippen LogP contribution in [0.15, 0.2) is 24.3 Å². The largest absolute Gasteiger partial charge is 0.451 e. The fourth-order valence-electron chi connectivity index (χ4n) is 3.32. The van der Waals surface area contributed by atoms with E-state index in [1.165, 1.54) is 34.6 Å². The molecule has 138 valence electrons. The monoisotopic (exact) mass is 371 g/mol. The van der Waals surface area contributed by atoms with Gasteiger partial charge in [0, 0.05) is 10.6 Å². The Bertz CT molecular complexity index is 825. The first-order chi connectivity index (χ1) is 12.5. The lowest BCUT2D eigenvalue weighted by Gasteiger charge is -2.19. The molecule has 1 amide bonds. The second-order valence-corrected chi connectivity index (χ2v) is 8.08. The molecule has 0 bridgehead atoms. The number of rotatable bonds is 5. The number of hydrogen-bond donors (Lipinski definition) is 1. The van der Waals surface area contributed by atoms with Crippen LogP contribution in [0.1, 0.15) is 51.0 Å². The van der Waals surface area contributed by atoms with E-state index in [9.17, 15) is 9.59 Å². The van der Waals surface area contributed by atoms with Crippen molar-refractivity contribution in [3.05, 3.63) is 50.7 Å². The highest BCUT2D eigenvalue weighted by Crippen LogP contribution is 2.33. The number of hydrogen-bond acceptors (Lipinski definition) is 4. The summed E-state index contributed by atoms with van der Waals surface area (Å²) in [7, 11) is 0. The molecule has 3 rings (SSSR count). The number of nitrogens with one attached hydrogen (secondary N) is 1. The summed E-state index contributed by atoms with van der Waals surface area (Å²) in [5, 5.41) is 2.81. The van der Waals surface area contributed by atoms with Crippen molar-refractivity contribution in [1.82, 2.24) is 0 Å². The van der Waals surface area contributed by atoms with Crippen LogP contribution in [-0.2, 0) is 22.4 Å². The molecule has 0 saturated carbocycles. The van der Waals surface area contributed by atoms with E-state index in [4.69, 9.17) is 4.74 Å². The molecule has 1 aromatic carbocycles. The molecule has 4 nitrogen and oxygen atoms in total. The van der Waals surface area contributed by atoms with Crippen LogP contribution < -0.4 is 5.32 Å². The van der Waals surface area contributed by atoms with Gasteiger partial charge in [0.2, 0.25) is 0 Å². The van der Waals surface area contributed by atoms with E-state index in [1.54, 1.807) is 0 Å². The molecule has 0 aliphatic heterocycles. The Morgan fingerprint density at radius 2 is 2.12 bits per heavy atom. The number of carbonyl (C=O) groups excluding carboxylic acids is 2. The third kappa shape index (κ3) is 4.15. The summed E-state index contributed by atoms with van der Waals surface area (Å²) in [5.74, 6) is -0.0164. The van der Waals surface area contributed by atoms with E-state index >= 15 is 0 Å². The first-order valence-corrected chi connectivity index (χ1v) is 9.94. The molecule has 0 saturated heterocycles. The van der Waals surface area contributed by atoms with E-state index < -0.39 is 5.97 Å². The number of ether oxygens (including phenoxy) is 1. The Hall–Kier alpha value is -2.14. The summed E-state index contributed by atoms with van der Waals surface area (Å²) < 4.78 is 5.22. The van der Waals surface area contributed by atoms with Gasteiger partial charge in [0.15, 0.2) is 6.61 Å². The van der Waals surface area contributed by atoms with Crippen molar-refractivity contribution in [2.45, 2.75) is 46.5 Å². The number of carbonyl (C=O) groups is 2. The second-order valence-electron chi connectivity index (χ2n) is 6.95. The number of fused-ring (bicyclic) bond motifs is 1. The molecular formula is C21H25NO3S. The van der Waals surface area contributed by atoms with Crippen molar-refractivity contribution in [2.75, 3.05) is 11.9 Å². The number of thiophene rings is 1.